The molecule has 3 aromatic carbocycles. The SMILES string of the molecule is O=C(NC1CCSc2ccccc21)c1ccc(-c2ccccc2)cc1. The van der Waals surface area contributed by atoms with Crippen LogP contribution in [0.1, 0.15) is 28.4 Å². The first kappa shape index (κ1) is 16.0. The van der Waals surface area contributed by atoms with Gasteiger partial charge in [-0.05, 0) is 41.3 Å². The van der Waals surface area contributed by atoms with E-state index in [1.807, 2.05) is 60.3 Å². The molecular formula is C22H19NOS. The summed E-state index contributed by atoms with van der Waals surface area (Å²) in [4.78, 5) is 13.9. The Hall–Kier alpha value is -2.52. The summed E-state index contributed by atoms with van der Waals surface area (Å²) in [5, 5.41) is 3.20. The summed E-state index contributed by atoms with van der Waals surface area (Å²) in [6.45, 7) is 0. The van der Waals surface area contributed by atoms with Crippen LogP contribution >= 0.6 is 11.8 Å². The van der Waals surface area contributed by atoms with Crippen molar-refractivity contribution in [3.8, 4) is 11.1 Å². The highest BCUT2D eigenvalue weighted by atomic mass is 32.2. The summed E-state index contributed by atoms with van der Waals surface area (Å²) in [6, 6.07) is 26.5. The van der Waals surface area contributed by atoms with Gasteiger partial charge in [-0.3, -0.25) is 4.79 Å². The van der Waals surface area contributed by atoms with Crippen molar-refractivity contribution in [3.63, 3.8) is 0 Å². The summed E-state index contributed by atoms with van der Waals surface area (Å²) < 4.78 is 0. The fraction of sp³-hybridized carbons (Fsp3) is 0.136. The van der Waals surface area contributed by atoms with Crippen molar-refractivity contribution in [3.05, 3.63) is 90.0 Å². The van der Waals surface area contributed by atoms with Crippen molar-refractivity contribution < 1.29 is 4.79 Å². The number of hydrogen-bond donors (Lipinski definition) is 1. The van der Waals surface area contributed by atoms with Crippen LogP contribution < -0.4 is 5.32 Å². The summed E-state index contributed by atoms with van der Waals surface area (Å²) in [7, 11) is 0. The van der Waals surface area contributed by atoms with E-state index in [0.717, 1.165) is 23.3 Å². The van der Waals surface area contributed by atoms with Gasteiger partial charge in [-0.1, -0.05) is 60.7 Å². The first-order valence-electron chi connectivity index (χ1n) is 8.49. The molecule has 25 heavy (non-hydrogen) atoms. The second-order valence-electron chi connectivity index (χ2n) is 6.14. The fourth-order valence-corrected chi connectivity index (χ4v) is 4.30. The number of carbonyl (C=O) groups is 1. The van der Waals surface area contributed by atoms with Crippen molar-refractivity contribution >= 4 is 17.7 Å². The fourth-order valence-electron chi connectivity index (χ4n) is 3.18. The molecule has 0 aliphatic carbocycles. The lowest BCUT2D eigenvalue weighted by Crippen LogP contribution is -2.30. The van der Waals surface area contributed by atoms with Crippen LogP contribution in [0.4, 0.5) is 0 Å². The number of hydrogen-bond acceptors (Lipinski definition) is 2. The number of nitrogens with one attached hydrogen (secondary N) is 1. The molecule has 0 radical (unpaired) electrons. The number of thioether (sulfide) groups is 1. The normalized spacial score (nSPS) is 16.1. The van der Waals surface area contributed by atoms with Gasteiger partial charge in [0.1, 0.15) is 0 Å². The maximum Gasteiger partial charge on any atom is 0.251 e. The van der Waals surface area contributed by atoms with Crippen LogP contribution in [0.3, 0.4) is 0 Å². The summed E-state index contributed by atoms with van der Waals surface area (Å²) >= 11 is 1.86. The average Bonchev–Trinajstić information content (AvgIpc) is 2.69. The van der Waals surface area contributed by atoms with Crippen molar-refractivity contribution in [2.24, 2.45) is 0 Å². The zero-order valence-electron chi connectivity index (χ0n) is 13.8. The highest BCUT2D eigenvalue weighted by Crippen LogP contribution is 2.35. The highest BCUT2D eigenvalue weighted by Gasteiger charge is 2.22. The Kier molecular flexibility index (Phi) is 4.57. The number of carbonyl (C=O) groups excluding carboxylic acids is 1. The lowest BCUT2D eigenvalue weighted by Gasteiger charge is -2.25. The predicted octanol–water partition coefficient (Wildman–Crippen LogP) is 5.32. The van der Waals surface area contributed by atoms with Crippen LogP contribution in [0.5, 0.6) is 0 Å². The Labute approximate surface area is 152 Å². The largest absolute Gasteiger partial charge is 0.345 e. The van der Waals surface area contributed by atoms with Crippen molar-refractivity contribution in [1.82, 2.24) is 5.32 Å². The molecule has 2 nitrogen and oxygen atoms in total. The Morgan fingerprint density at radius 1 is 0.840 bits per heavy atom. The van der Waals surface area contributed by atoms with Gasteiger partial charge in [0, 0.05) is 16.2 Å². The van der Waals surface area contributed by atoms with Gasteiger partial charge in [0.05, 0.1) is 6.04 Å². The monoisotopic (exact) mass is 345 g/mol. The third kappa shape index (κ3) is 3.47. The molecule has 4 rings (SSSR count). The summed E-state index contributed by atoms with van der Waals surface area (Å²) in [5.74, 6) is 1.03. The van der Waals surface area contributed by atoms with Crippen LogP contribution in [-0.4, -0.2) is 11.7 Å². The van der Waals surface area contributed by atoms with Crippen molar-refractivity contribution in [1.29, 1.82) is 0 Å². The van der Waals surface area contributed by atoms with E-state index in [4.69, 9.17) is 0 Å². The van der Waals surface area contributed by atoms with Crippen molar-refractivity contribution in [2.75, 3.05) is 5.75 Å². The summed E-state index contributed by atoms with van der Waals surface area (Å²) in [5.41, 5.74) is 4.22. The van der Waals surface area contributed by atoms with E-state index >= 15 is 0 Å². The molecule has 3 aromatic rings. The van der Waals surface area contributed by atoms with Crippen LogP contribution in [0.25, 0.3) is 11.1 Å². The maximum absolute atomic E-state index is 12.7. The molecule has 0 saturated heterocycles. The third-order valence-corrected chi connectivity index (χ3v) is 5.64. The number of amides is 1. The molecule has 1 aliphatic rings. The topological polar surface area (TPSA) is 29.1 Å². The maximum atomic E-state index is 12.7. The van der Waals surface area contributed by atoms with E-state index in [0.29, 0.717) is 5.56 Å². The van der Waals surface area contributed by atoms with Gasteiger partial charge in [0.2, 0.25) is 0 Å². The molecule has 124 valence electrons. The van der Waals surface area contributed by atoms with Gasteiger partial charge in [-0.15, -0.1) is 11.8 Å². The minimum Gasteiger partial charge on any atom is -0.345 e. The minimum atomic E-state index is -0.00804. The van der Waals surface area contributed by atoms with Crippen LogP contribution in [0.2, 0.25) is 0 Å². The molecule has 0 bridgehead atoms. The van der Waals surface area contributed by atoms with Crippen molar-refractivity contribution in [2.45, 2.75) is 17.4 Å². The Balaban J connectivity index is 1.51. The lowest BCUT2D eigenvalue weighted by molar-refractivity contribution is 0.0935. The summed E-state index contributed by atoms with van der Waals surface area (Å²) in [6.07, 6.45) is 0.968. The Bertz CT molecular complexity index is 874. The molecule has 1 N–H and O–H groups in total. The van der Waals surface area contributed by atoms with E-state index in [9.17, 15) is 4.79 Å². The van der Waals surface area contributed by atoms with Gasteiger partial charge in [0.15, 0.2) is 0 Å². The highest BCUT2D eigenvalue weighted by molar-refractivity contribution is 7.99. The molecule has 1 unspecified atom stereocenters. The number of fused-ring (bicyclic) bond motifs is 1. The van der Waals surface area contributed by atoms with Gasteiger partial charge in [-0.2, -0.15) is 0 Å². The van der Waals surface area contributed by atoms with Gasteiger partial charge in [-0.25, -0.2) is 0 Å². The van der Waals surface area contributed by atoms with E-state index in [1.54, 1.807) is 0 Å². The van der Waals surface area contributed by atoms with E-state index in [2.05, 4.69) is 35.6 Å². The smallest absolute Gasteiger partial charge is 0.251 e. The van der Waals surface area contributed by atoms with Gasteiger partial charge < -0.3 is 5.32 Å². The van der Waals surface area contributed by atoms with Crippen LogP contribution in [0.15, 0.2) is 83.8 Å². The zero-order valence-corrected chi connectivity index (χ0v) is 14.6. The number of benzene rings is 3. The minimum absolute atomic E-state index is 0.00804. The van der Waals surface area contributed by atoms with E-state index in [1.165, 1.54) is 10.5 Å². The second-order valence-corrected chi connectivity index (χ2v) is 7.28. The first-order valence-corrected chi connectivity index (χ1v) is 9.48. The molecular weight excluding hydrogens is 326 g/mol. The average molecular weight is 345 g/mol. The Morgan fingerprint density at radius 3 is 2.32 bits per heavy atom. The molecule has 0 fully saturated rings. The standard InChI is InChI=1S/C22H19NOS/c24-22(23-20-14-15-25-21-9-5-4-8-19(20)21)18-12-10-17(11-13-18)16-6-2-1-3-7-16/h1-13,20H,14-15H2,(H,23,24). The lowest BCUT2D eigenvalue weighted by atomic mass is 10.0. The molecule has 1 heterocycles. The van der Waals surface area contributed by atoms with Crippen LogP contribution in [0, 0.1) is 0 Å². The van der Waals surface area contributed by atoms with Gasteiger partial charge >= 0.3 is 0 Å². The quantitative estimate of drug-likeness (QED) is 0.696. The Morgan fingerprint density at radius 2 is 1.52 bits per heavy atom. The van der Waals surface area contributed by atoms with Gasteiger partial charge in [0.25, 0.3) is 5.91 Å². The molecule has 1 amide bonds. The first-order chi connectivity index (χ1) is 12.3. The molecule has 0 saturated carbocycles. The molecule has 0 spiro atoms. The van der Waals surface area contributed by atoms with E-state index < -0.39 is 0 Å². The predicted molar refractivity (Wildman–Crippen MR) is 104 cm³/mol. The molecule has 3 heteroatoms. The molecule has 1 atom stereocenters. The molecule has 1 aliphatic heterocycles. The van der Waals surface area contributed by atoms with Crippen LogP contribution in [-0.2, 0) is 0 Å². The molecule has 0 aromatic heterocycles. The third-order valence-electron chi connectivity index (χ3n) is 4.52. The van der Waals surface area contributed by atoms with E-state index in [-0.39, 0.29) is 11.9 Å². The number of rotatable bonds is 3. The zero-order chi connectivity index (χ0) is 17.1. The second kappa shape index (κ2) is 7.16.